The maximum Gasteiger partial charge on any atom is 0.273 e. The summed E-state index contributed by atoms with van der Waals surface area (Å²) in [4.78, 5) is 45.9. The topological polar surface area (TPSA) is 106 Å². The van der Waals surface area contributed by atoms with Crippen molar-refractivity contribution in [3.05, 3.63) is 47.5 Å². The zero-order chi connectivity index (χ0) is 25.9. The van der Waals surface area contributed by atoms with Crippen LogP contribution in [0.5, 0.6) is 5.75 Å². The molecule has 0 spiro atoms. The van der Waals surface area contributed by atoms with Crippen LogP contribution in [0.1, 0.15) is 86.3 Å². The van der Waals surface area contributed by atoms with Gasteiger partial charge in [0.1, 0.15) is 17.0 Å². The second-order valence-corrected chi connectivity index (χ2v) is 10.2. The molecule has 2 heterocycles. The van der Waals surface area contributed by atoms with E-state index in [1.165, 1.54) is 6.33 Å². The van der Waals surface area contributed by atoms with Crippen LogP contribution in [0.25, 0.3) is 0 Å². The number of imidazole rings is 1. The number of aromatic nitrogens is 2. The molecule has 1 fully saturated rings. The van der Waals surface area contributed by atoms with Crippen LogP contribution >= 0.6 is 0 Å². The van der Waals surface area contributed by atoms with Crippen molar-refractivity contribution in [3.8, 4) is 5.75 Å². The third kappa shape index (κ3) is 5.24. The molecule has 3 amide bonds. The minimum atomic E-state index is -1.04. The Morgan fingerprint density at radius 3 is 2.53 bits per heavy atom. The molecule has 0 saturated heterocycles. The van der Waals surface area contributed by atoms with E-state index in [2.05, 4.69) is 15.6 Å². The molecule has 1 aliphatic carbocycles. The average molecular weight is 496 g/mol. The van der Waals surface area contributed by atoms with Crippen molar-refractivity contribution in [1.82, 2.24) is 25.1 Å². The van der Waals surface area contributed by atoms with Gasteiger partial charge in [-0.25, -0.2) is 4.98 Å². The summed E-state index contributed by atoms with van der Waals surface area (Å²) in [5, 5.41) is 6.02. The smallest absolute Gasteiger partial charge is 0.273 e. The van der Waals surface area contributed by atoms with E-state index >= 15 is 0 Å². The Bertz CT molecular complexity index is 1100. The van der Waals surface area contributed by atoms with Crippen LogP contribution in [-0.4, -0.2) is 56.4 Å². The molecular weight excluding hydrogens is 458 g/mol. The summed E-state index contributed by atoms with van der Waals surface area (Å²) in [7, 11) is 0. The van der Waals surface area contributed by atoms with Gasteiger partial charge in [-0.3, -0.25) is 14.4 Å². The number of nitrogens with zero attached hydrogens (tertiary/aromatic N) is 3. The highest BCUT2D eigenvalue weighted by molar-refractivity contribution is 6.07. The average Bonchev–Trinajstić information content (AvgIpc) is 3.50. The van der Waals surface area contributed by atoms with E-state index in [1.807, 2.05) is 45.0 Å². The number of amides is 3. The van der Waals surface area contributed by atoms with Crippen molar-refractivity contribution >= 4 is 17.7 Å². The van der Waals surface area contributed by atoms with Crippen molar-refractivity contribution < 1.29 is 19.1 Å². The van der Waals surface area contributed by atoms with E-state index in [9.17, 15) is 14.4 Å². The standard InChI is InChI=1S/C27H37N5O4/c1-5-14-32-25(34)23-22(24(33)28-15-19-10-12-21(13-11-19)36-18(2)3)29-17-31(23)16-27(32,4)26(35)30-20-8-6-7-9-20/h10-13,17-18,20H,5-9,14-16H2,1-4H3,(H,28,33)(H,30,35)/t27-/m1/s1. The molecule has 1 saturated carbocycles. The third-order valence-electron chi connectivity index (χ3n) is 6.95. The Morgan fingerprint density at radius 2 is 1.89 bits per heavy atom. The van der Waals surface area contributed by atoms with E-state index in [0.717, 1.165) is 37.0 Å². The molecular formula is C27H37N5O4. The van der Waals surface area contributed by atoms with Gasteiger partial charge in [-0.05, 0) is 57.7 Å². The number of benzene rings is 1. The Morgan fingerprint density at radius 1 is 1.19 bits per heavy atom. The number of carbonyl (C=O) groups excluding carboxylic acids is 3. The Balaban J connectivity index is 1.49. The fraction of sp³-hybridized carbons (Fsp3) is 0.556. The van der Waals surface area contributed by atoms with Crippen molar-refractivity contribution in [2.45, 2.75) is 90.6 Å². The summed E-state index contributed by atoms with van der Waals surface area (Å²) in [6.07, 6.45) is 6.44. The number of rotatable bonds is 9. The molecule has 1 aromatic heterocycles. The lowest BCUT2D eigenvalue weighted by molar-refractivity contribution is -0.133. The van der Waals surface area contributed by atoms with Gasteiger partial charge in [0, 0.05) is 19.1 Å². The molecule has 36 heavy (non-hydrogen) atoms. The first-order chi connectivity index (χ1) is 17.2. The van der Waals surface area contributed by atoms with E-state index in [-0.39, 0.29) is 41.9 Å². The third-order valence-corrected chi connectivity index (χ3v) is 6.95. The molecule has 9 heteroatoms. The van der Waals surface area contributed by atoms with E-state index in [0.29, 0.717) is 19.5 Å². The SMILES string of the molecule is CCCN1C(=O)c2c(C(=O)NCc3ccc(OC(C)C)cc3)ncn2C[C@]1(C)C(=O)NC1CCCC1. The van der Waals surface area contributed by atoms with E-state index in [1.54, 1.807) is 16.4 Å². The number of hydrogen-bond acceptors (Lipinski definition) is 5. The second-order valence-electron chi connectivity index (χ2n) is 10.2. The fourth-order valence-electron chi connectivity index (χ4n) is 5.06. The predicted octanol–water partition coefficient (Wildman–Crippen LogP) is 3.28. The largest absolute Gasteiger partial charge is 0.491 e. The minimum absolute atomic E-state index is 0.0825. The molecule has 0 bridgehead atoms. The van der Waals surface area contributed by atoms with Gasteiger partial charge in [0.15, 0.2) is 5.69 Å². The minimum Gasteiger partial charge on any atom is -0.491 e. The molecule has 4 rings (SSSR count). The van der Waals surface area contributed by atoms with Gasteiger partial charge in [0.25, 0.3) is 11.8 Å². The Labute approximate surface area is 212 Å². The first-order valence-corrected chi connectivity index (χ1v) is 12.9. The molecule has 9 nitrogen and oxygen atoms in total. The Hall–Kier alpha value is -3.36. The highest BCUT2D eigenvalue weighted by Gasteiger charge is 2.48. The number of nitrogens with one attached hydrogen (secondary N) is 2. The normalized spacial score (nSPS) is 19.9. The molecule has 1 aliphatic heterocycles. The van der Waals surface area contributed by atoms with Gasteiger partial charge < -0.3 is 24.8 Å². The van der Waals surface area contributed by atoms with Gasteiger partial charge in [0.05, 0.1) is 19.0 Å². The van der Waals surface area contributed by atoms with Crippen LogP contribution in [0.4, 0.5) is 0 Å². The van der Waals surface area contributed by atoms with Crippen LogP contribution < -0.4 is 15.4 Å². The molecule has 1 aromatic carbocycles. The van der Waals surface area contributed by atoms with Crippen molar-refractivity contribution in [2.75, 3.05) is 6.54 Å². The van der Waals surface area contributed by atoms with Gasteiger partial charge >= 0.3 is 0 Å². The summed E-state index contributed by atoms with van der Waals surface area (Å²) in [6, 6.07) is 7.67. The zero-order valence-corrected chi connectivity index (χ0v) is 21.7. The highest BCUT2D eigenvalue weighted by atomic mass is 16.5. The van der Waals surface area contributed by atoms with Crippen LogP contribution in [0.2, 0.25) is 0 Å². The molecule has 2 aliphatic rings. The van der Waals surface area contributed by atoms with Gasteiger partial charge in [-0.1, -0.05) is 31.9 Å². The summed E-state index contributed by atoms with van der Waals surface area (Å²) in [6.45, 7) is 8.68. The molecule has 1 atom stereocenters. The van der Waals surface area contributed by atoms with Crippen LogP contribution in [-0.2, 0) is 17.9 Å². The quantitative estimate of drug-likeness (QED) is 0.555. The van der Waals surface area contributed by atoms with Crippen molar-refractivity contribution in [3.63, 3.8) is 0 Å². The highest BCUT2D eigenvalue weighted by Crippen LogP contribution is 2.30. The lowest BCUT2D eigenvalue weighted by Crippen LogP contribution is -2.65. The molecule has 194 valence electrons. The van der Waals surface area contributed by atoms with Gasteiger partial charge in [0.2, 0.25) is 5.91 Å². The van der Waals surface area contributed by atoms with Gasteiger partial charge in [-0.15, -0.1) is 0 Å². The number of fused-ring (bicyclic) bond motifs is 1. The lowest BCUT2D eigenvalue weighted by Gasteiger charge is -2.44. The summed E-state index contributed by atoms with van der Waals surface area (Å²) in [5.41, 5.74) is 0.172. The predicted molar refractivity (Wildman–Crippen MR) is 136 cm³/mol. The molecule has 0 unspecified atom stereocenters. The van der Waals surface area contributed by atoms with E-state index in [4.69, 9.17) is 4.74 Å². The first kappa shape index (κ1) is 25.7. The summed E-state index contributed by atoms with van der Waals surface area (Å²) < 4.78 is 7.31. The van der Waals surface area contributed by atoms with Crippen molar-refractivity contribution in [2.24, 2.45) is 0 Å². The number of ether oxygens (including phenoxy) is 1. The Kier molecular flexibility index (Phi) is 7.66. The molecule has 2 aromatic rings. The summed E-state index contributed by atoms with van der Waals surface area (Å²) in [5.74, 6) is -0.142. The monoisotopic (exact) mass is 495 g/mol. The number of hydrogen-bond donors (Lipinski definition) is 2. The van der Waals surface area contributed by atoms with Crippen LogP contribution in [0.15, 0.2) is 30.6 Å². The zero-order valence-electron chi connectivity index (χ0n) is 21.7. The maximum atomic E-state index is 13.6. The van der Waals surface area contributed by atoms with E-state index < -0.39 is 11.4 Å². The van der Waals surface area contributed by atoms with Crippen LogP contribution in [0, 0.1) is 0 Å². The summed E-state index contributed by atoms with van der Waals surface area (Å²) >= 11 is 0. The molecule has 2 N–H and O–H groups in total. The van der Waals surface area contributed by atoms with Gasteiger partial charge in [-0.2, -0.15) is 0 Å². The fourth-order valence-corrected chi connectivity index (χ4v) is 5.06. The maximum absolute atomic E-state index is 13.6. The van der Waals surface area contributed by atoms with Crippen LogP contribution in [0.3, 0.4) is 0 Å². The number of carbonyl (C=O) groups is 3. The lowest BCUT2D eigenvalue weighted by atomic mass is 9.93. The molecule has 0 radical (unpaired) electrons. The first-order valence-electron chi connectivity index (χ1n) is 12.9. The second kappa shape index (κ2) is 10.7. The van der Waals surface area contributed by atoms with Crippen molar-refractivity contribution in [1.29, 1.82) is 0 Å².